The normalized spacial score (nSPS) is 11.7. The van der Waals surface area contributed by atoms with E-state index in [1.54, 1.807) is 38.1 Å². The summed E-state index contributed by atoms with van der Waals surface area (Å²) in [7, 11) is 0. The fourth-order valence-electron chi connectivity index (χ4n) is 2.71. The predicted octanol–water partition coefficient (Wildman–Crippen LogP) is 3.68. The molecule has 0 aliphatic carbocycles. The van der Waals surface area contributed by atoms with Gasteiger partial charge in [-0.3, -0.25) is 9.59 Å². The molecule has 0 aliphatic heterocycles. The van der Waals surface area contributed by atoms with Gasteiger partial charge in [0.25, 0.3) is 0 Å². The van der Waals surface area contributed by atoms with Gasteiger partial charge in [0, 0.05) is 11.3 Å². The van der Waals surface area contributed by atoms with E-state index in [9.17, 15) is 14.4 Å². The first-order chi connectivity index (χ1) is 12.2. The maximum atomic E-state index is 12.5. The van der Waals surface area contributed by atoms with Crippen molar-refractivity contribution in [3.8, 4) is 5.75 Å². The summed E-state index contributed by atoms with van der Waals surface area (Å²) in [6, 6.07) is 6.72. The number of hydrogen-bond acceptors (Lipinski definition) is 5. The van der Waals surface area contributed by atoms with Gasteiger partial charge >= 0.3 is 5.97 Å². The average Bonchev–Trinajstić information content (AvgIpc) is 2.87. The maximum absolute atomic E-state index is 12.5. The summed E-state index contributed by atoms with van der Waals surface area (Å²) >= 11 is 5.94. The van der Waals surface area contributed by atoms with Gasteiger partial charge in [-0.2, -0.15) is 0 Å². The maximum Gasteiger partial charge on any atom is 0.344 e. The Bertz CT molecular complexity index is 856. The number of carbonyl (C=O) groups is 3. The number of ketones is 2. The molecule has 2 rings (SSSR count). The Kier molecular flexibility index (Phi) is 6.21. The van der Waals surface area contributed by atoms with Crippen LogP contribution in [0.2, 0.25) is 5.02 Å². The molecule has 0 saturated heterocycles. The molecule has 0 aliphatic rings. The number of carbonyl (C=O) groups excluding carboxylic acids is 3. The van der Waals surface area contributed by atoms with Crippen LogP contribution in [-0.4, -0.2) is 35.2 Å². The number of ether oxygens (including phenoxy) is 2. The molecule has 1 aromatic heterocycles. The number of H-pyrrole nitrogens is 1. The van der Waals surface area contributed by atoms with Crippen molar-refractivity contribution in [2.45, 2.75) is 33.8 Å². The minimum atomic E-state index is -1.02. The van der Waals surface area contributed by atoms with Crippen LogP contribution in [0.1, 0.15) is 46.0 Å². The van der Waals surface area contributed by atoms with E-state index in [-0.39, 0.29) is 18.1 Å². The number of hydrogen-bond donors (Lipinski definition) is 1. The van der Waals surface area contributed by atoms with Gasteiger partial charge in [0.2, 0.25) is 5.78 Å². The van der Waals surface area contributed by atoms with Crippen molar-refractivity contribution in [2.75, 3.05) is 6.61 Å². The number of aromatic amines is 1. The molecule has 0 spiro atoms. The first-order valence-electron chi connectivity index (χ1n) is 8.03. The molecule has 1 aromatic carbocycles. The summed E-state index contributed by atoms with van der Waals surface area (Å²) < 4.78 is 10.4. The highest BCUT2D eigenvalue weighted by atomic mass is 35.5. The predicted molar refractivity (Wildman–Crippen MR) is 97.1 cm³/mol. The van der Waals surface area contributed by atoms with Gasteiger partial charge in [0.1, 0.15) is 5.75 Å². The Labute approximate surface area is 156 Å². The fraction of sp³-hybridized carbons (Fsp3) is 0.316. The number of aryl methyl sites for hydroxylation is 1. The third kappa shape index (κ3) is 4.32. The Morgan fingerprint density at radius 1 is 1.19 bits per heavy atom. The van der Waals surface area contributed by atoms with Crippen LogP contribution in [0, 0.1) is 13.8 Å². The number of halogens is 1. The minimum absolute atomic E-state index is 0.131. The van der Waals surface area contributed by atoms with Gasteiger partial charge in [0.05, 0.1) is 10.7 Å². The topological polar surface area (TPSA) is 85.5 Å². The number of Topliss-reactive ketones (excluding diaryl/α,β-unsaturated/α-hetero) is 2. The number of benzene rings is 1. The van der Waals surface area contributed by atoms with Gasteiger partial charge in [-0.05, 0) is 45.4 Å². The smallest absolute Gasteiger partial charge is 0.344 e. The molecule has 0 radical (unpaired) electrons. The Morgan fingerprint density at radius 2 is 1.85 bits per heavy atom. The lowest BCUT2D eigenvalue weighted by Gasteiger charge is -2.13. The molecule has 1 heterocycles. The van der Waals surface area contributed by atoms with Crippen molar-refractivity contribution in [1.82, 2.24) is 4.98 Å². The molecular weight excluding hydrogens is 358 g/mol. The molecule has 0 saturated carbocycles. The Hall–Kier alpha value is -2.60. The van der Waals surface area contributed by atoms with Gasteiger partial charge < -0.3 is 14.5 Å². The highest BCUT2D eigenvalue weighted by Crippen LogP contribution is 2.23. The van der Waals surface area contributed by atoms with Crippen LogP contribution in [0.15, 0.2) is 24.3 Å². The van der Waals surface area contributed by atoms with E-state index in [0.29, 0.717) is 27.6 Å². The lowest BCUT2D eigenvalue weighted by atomic mass is 10.0. The molecule has 0 amide bonds. The minimum Gasteiger partial charge on any atom is -0.480 e. The number of esters is 1. The Morgan fingerprint density at radius 3 is 2.42 bits per heavy atom. The van der Waals surface area contributed by atoms with Crippen LogP contribution in [0.25, 0.3) is 0 Å². The summed E-state index contributed by atoms with van der Waals surface area (Å²) in [5.41, 5.74) is 1.91. The quantitative estimate of drug-likeness (QED) is 0.587. The molecule has 0 bridgehead atoms. The van der Waals surface area contributed by atoms with Gasteiger partial charge in [-0.1, -0.05) is 23.7 Å². The van der Waals surface area contributed by atoms with Crippen LogP contribution in [0.5, 0.6) is 5.75 Å². The highest BCUT2D eigenvalue weighted by molar-refractivity contribution is 6.32. The summed E-state index contributed by atoms with van der Waals surface area (Å²) in [5.74, 6) is -0.886. The summed E-state index contributed by atoms with van der Waals surface area (Å²) in [5, 5.41) is 0.374. The average molecular weight is 378 g/mol. The van der Waals surface area contributed by atoms with E-state index in [0.717, 1.165) is 0 Å². The largest absolute Gasteiger partial charge is 0.480 e. The van der Waals surface area contributed by atoms with E-state index in [1.165, 1.54) is 13.8 Å². The second-order valence-electron chi connectivity index (χ2n) is 5.90. The van der Waals surface area contributed by atoms with E-state index in [2.05, 4.69) is 4.98 Å². The van der Waals surface area contributed by atoms with Crippen LogP contribution in [0.3, 0.4) is 0 Å². The zero-order chi connectivity index (χ0) is 19.4. The van der Waals surface area contributed by atoms with Gasteiger partial charge in [-0.25, -0.2) is 4.79 Å². The first-order valence-corrected chi connectivity index (χ1v) is 8.41. The molecular formula is C19H20ClNO5. The van der Waals surface area contributed by atoms with Gasteiger partial charge in [0.15, 0.2) is 18.5 Å². The summed E-state index contributed by atoms with van der Waals surface area (Å²) in [4.78, 5) is 39.0. The lowest BCUT2D eigenvalue weighted by molar-refractivity contribution is -0.148. The van der Waals surface area contributed by atoms with Crippen molar-refractivity contribution < 1.29 is 23.9 Å². The van der Waals surface area contributed by atoms with E-state index < -0.39 is 17.9 Å². The van der Waals surface area contributed by atoms with Crippen LogP contribution in [-0.2, 0) is 9.53 Å². The molecule has 1 N–H and O–H groups in total. The lowest BCUT2D eigenvalue weighted by Crippen LogP contribution is -2.28. The number of nitrogens with one attached hydrogen (secondary N) is 1. The van der Waals surface area contributed by atoms with Crippen molar-refractivity contribution in [1.29, 1.82) is 0 Å². The molecule has 7 heteroatoms. The van der Waals surface area contributed by atoms with Crippen molar-refractivity contribution >= 4 is 29.1 Å². The third-order valence-electron chi connectivity index (χ3n) is 3.90. The zero-order valence-corrected chi connectivity index (χ0v) is 15.8. The van der Waals surface area contributed by atoms with Crippen LogP contribution in [0.4, 0.5) is 0 Å². The second-order valence-corrected chi connectivity index (χ2v) is 6.30. The monoisotopic (exact) mass is 377 g/mol. The van der Waals surface area contributed by atoms with Crippen molar-refractivity contribution in [2.24, 2.45) is 0 Å². The Balaban J connectivity index is 2.01. The highest BCUT2D eigenvalue weighted by Gasteiger charge is 2.26. The molecule has 1 unspecified atom stereocenters. The standard InChI is InChI=1S/C19H20ClNO5/c1-10-17(12(3)22)11(2)21-18(10)19(24)13(4)26-16(23)9-25-15-8-6-5-7-14(15)20/h5-8,13,21H,9H2,1-4H3. The van der Waals surface area contributed by atoms with E-state index >= 15 is 0 Å². The molecule has 2 aromatic rings. The van der Waals surface area contributed by atoms with Crippen molar-refractivity contribution in [3.63, 3.8) is 0 Å². The zero-order valence-electron chi connectivity index (χ0n) is 15.0. The fourth-order valence-corrected chi connectivity index (χ4v) is 2.90. The van der Waals surface area contributed by atoms with Gasteiger partial charge in [-0.15, -0.1) is 0 Å². The molecule has 1 atom stereocenters. The van der Waals surface area contributed by atoms with Crippen LogP contribution < -0.4 is 4.74 Å². The number of aromatic nitrogens is 1. The van der Waals surface area contributed by atoms with E-state index in [4.69, 9.17) is 21.1 Å². The molecule has 26 heavy (non-hydrogen) atoms. The van der Waals surface area contributed by atoms with Crippen molar-refractivity contribution in [3.05, 3.63) is 51.8 Å². The SMILES string of the molecule is CC(=O)c1c(C)[nH]c(C(=O)C(C)OC(=O)COc2ccccc2Cl)c1C. The summed E-state index contributed by atoms with van der Waals surface area (Å²) in [6.45, 7) is 5.94. The number of rotatable bonds is 7. The van der Waals surface area contributed by atoms with E-state index in [1.807, 2.05) is 0 Å². The number of para-hydroxylation sites is 1. The summed E-state index contributed by atoms with van der Waals surface area (Å²) in [6.07, 6.45) is -1.02. The first kappa shape index (κ1) is 19.7. The third-order valence-corrected chi connectivity index (χ3v) is 4.21. The molecule has 138 valence electrons. The molecule has 0 fully saturated rings. The molecule has 6 nitrogen and oxygen atoms in total. The second kappa shape index (κ2) is 8.19. The van der Waals surface area contributed by atoms with Crippen LogP contribution >= 0.6 is 11.6 Å².